The van der Waals surface area contributed by atoms with Crippen molar-refractivity contribution in [3.05, 3.63) is 86.5 Å². The van der Waals surface area contributed by atoms with Crippen molar-refractivity contribution in [2.24, 2.45) is 0 Å². The van der Waals surface area contributed by atoms with Gasteiger partial charge in [-0.1, -0.05) is 49.6 Å². The zero-order chi connectivity index (χ0) is 25.2. The van der Waals surface area contributed by atoms with Crippen molar-refractivity contribution in [2.45, 2.75) is 85.0 Å². The van der Waals surface area contributed by atoms with E-state index in [1.807, 2.05) is 0 Å². The van der Waals surface area contributed by atoms with Crippen LogP contribution < -0.4 is 5.56 Å². The Morgan fingerprint density at radius 3 is 2.47 bits per heavy atom. The van der Waals surface area contributed by atoms with Crippen molar-refractivity contribution < 1.29 is 0 Å². The van der Waals surface area contributed by atoms with Crippen LogP contribution in [0.2, 0.25) is 0 Å². The molecule has 7 nitrogen and oxygen atoms in total. The Morgan fingerprint density at radius 1 is 1.03 bits per heavy atom. The number of nitrogens with one attached hydrogen (secondary N) is 1. The molecule has 0 amide bonds. The fourth-order valence-corrected chi connectivity index (χ4v) is 5.50. The lowest BCUT2D eigenvalue weighted by Gasteiger charge is -2.31. The van der Waals surface area contributed by atoms with Gasteiger partial charge in [0.05, 0.1) is 12.1 Å². The number of nitrogens with zero attached hydrogens (tertiary/aromatic N) is 5. The summed E-state index contributed by atoms with van der Waals surface area (Å²) in [6.07, 6.45) is 5.53. The fourth-order valence-electron chi connectivity index (χ4n) is 5.50. The molecule has 36 heavy (non-hydrogen) atoms. The molecule has 1 aliphatic carbocycles. The van der Waals surface area contributed by atoms with Gasteiger partial charge >= 0.3 is 0 Å². The molecule has 1 saturated carbocycles. The number of aryl methyl sites for hydroxylation is 3. The number of aromatic amines is 1. The molecule has 0 spiro atoms. The molecule has 0 saturated heterocycles. The monoisotopic (exact) mass is 484 g/mol. The molecule has 0 aliphatic heterocycles. The van der Waals surface area contributed by atoms with Crippen molar-refractivity contribution in [1.82, 2.24) is 30.1 Å². The molecule has 2 aromatic carbocycles. The Balaban J connectivity index is 1.54. The SMILES string of the molecule is CC[C@H](c1nnnn1C1CCCC1)N(Cc1ccc(C)cc1)Cc1cc2cc(C)c(C)cc2[nH]c1=O. The number of pyridine rings is 1. The minimum atomic E-state index is -0.0371. The fraction of sp³-hybridized carbons (Fsp3) is 0.448. The van der Waals surface area contributed by atoms with E-state index < -0.39 is 0 Å². The summed E-state index contributed by atoms with van der Waals surface area (Å²) in [6.45, 7) is 9.69. The van der Waals surface area contributed by atoms with Crippen LogP contribution in [0.3, 0.4) is 0 Å². The first kappa shape index (κ1) is 24.4. The van der Waals surface area contributed by atoms with Crippen molar-refractivity contribution in [2.75, 3.05) is 0 Å². The van der Waals surface area contributed by atoms with E-state index >= 15 is 0 Å². The summed E-state index contributed by atoms with van der Waals surface area (Å²) in [6, 6.07) is 15.3. The normalized spacial score (nSPS) is 15.2. The molecule has 5 rings (SSSR count). The molecule has 1 aliphatic rings. The number of tetrazole rings is 1. The first-order valence-corrected chi connectivity index (χ1v) is 13.1. The Hall–Kier alpha value is -3.32. The van der Waals surface area contributed by atoms with E-state index in [-0.39, 0.29) is 11.6 Å². The lowest BCUT2D eigenvalue weighted by Crippen LogP contribution is -2.32. The highest BCUT2D eigenvalue weighted by molar-refractivity contribution is 5.80. The highest BCUT2D eigenvalue weighted by atomic mass is 16.1. The number of aromatic nitrogens is 5. The second-order valence-corrected chi connectivity index (χ2v) is 10.4. The van der Waals surface area contributed by atoms with Gasteiger partial charge in [-0.2, -0.15) is 0 Å². The van der Waals surface area contributed by atoms with Crippen LogP contribution in [0, 0.1) is 20.8 Å². The Labute approximate surface area is 212 Å². The Kier molecular flexibility index (Phi) is 7.01. The van der Waals surface area contributed by atoms with Gasteiger partial charge in [0.15, 0.2) is 5.82 Å². The highest BCUT2D eigenvalue weighted by Crippen LogP contribution is 2.33. The third-order valence-corrected chi connectivity index (χ3v) is 7.73. The summed E-state index contributed by atoms with van der Waals surface area (Å²) in [7, 11) is 0. The minimum absolute atomic E-state index is 0.00301. The predicted octanol–water partition coefficient (Wildman–Crippen LogP) is 5.71. The topological polar surface area (TPSA) is 79.7 Å². The second kappa shape index (κ2) is 10.3. The zero-order valence-corrected chi connectivity index (χ0v) is 21.8. The van der Waals surface area contributed by atoms with Crippen LogP contribution in [0.25, 0.3) is 10.9 Å². The van der Waals surface area contributed by atoms with Crippen LogP contribution in [0.4, 0.5) is 0 Å². The average molecular weight is 485 g/mol. The van der Waals surface area contributed by atoms with Gasteiger partial charge in [-0.3, -0.25) is 9.69 Å². The van der Waals surface area contributed by atoms with Gasteiger partial charge < -0.3 is 4.98 Å². The van der Waals surface area contributed by atoms with E-state index in [1.54, 1.807) is 0 Å². The van der Waals surface area contributed by atoms with Crippen molar-refractivity contribution in [3.8, 4) is 0 Å². The smallest absolute Gasteiger partial charge is 0.252 e. The largest absolute Gasteiger partial charge is 0.322 e. The number of hydrogen-bond donors (Lipinski definition) is 1. The first-order chi connectivity index (χ1) is 17.4. The number of benzene rings is 2. The standard InChI is InChI=1S/C29H36N6O/c1-5-27(28-31-32-33-35(28)25-8-6-7-9-25)34(17-22-12-10-19(2)11-13-22)18-24-16-23-14-20(3)21(4)15-26(23)30-29(24)36/h10-16,25,27H,5-9,17-18H2,1-4H3,(H,30,36)/t27-/m1/s1. The van der Waals surface area contributed by atoms with E-state index in [0.29, 0.717) is 19.1 Å². The lowest BCUT2D eigenvalue weighted by molar-refractivity contribution is 0.158. The van der Waals surface area contributed by atoms with Gasteiger partial charge in [0.2, 0.25) is 0 Å². The van der Waals surface area contributed by atoms with Crippen molar-refractivity contribution in [1.29, 1.82) is 0 Å². The van der Waals surface area contributed by atoms with Gasteiger partial charge in [0, 0.05) is 24.2 Å². The van der Waals surface area contributed by atoms with Crippen molar-refractivity contribution >= 4 is 10.9 Å². The minimum Gasteiger partial charge on any atom is -0.322 e. The summed E-state index contributed by atoms with van der Waals surface area (Å²) in [5.74, 6) is 0.903. The summed E-state index contributed by atoms with van der Waals surface area (Å²) >= 11 is 0. The maximum absolute atomic E-state index is 13.2. The van der Waals surface area contributed by atoms with Gasteiger partial charge in [0.1, 0.15) is 0 Å². The highest BCUT2D eigenvalue weighted by Gasteiger charge is 2.29. The van der Waals surface area contributed by atoms with Gasteiger partial charge in [-0.15, -0.1) is 5.10 Å². The van der Waals surface area contributed by atoms with Crippen LogP contribution in [0.15, 0.2) is 47.3 Å². The van der Waals surface area contributed by atoms with E-state index in [4.69, 9.17) is 0 Å². The Bertz CT molecular complexity index is 1400. The summed E-state index contributed by atoms with van der Waals surface area (Å²) in [5.41, 5.74) is 6.45. The van der Waals surface area contributed by atoms with Crippen LogP contribution in [0.1, 0.15) is 84.8 Å². The molecular formula is C29H36N6O. The van der Waals surface area contributed by atoms with Crippen LogP contribution in [0.5, 0.6) is 0 Å². The number of fused-ring (bicyclic) bond motifs is 1. The van der Waals surface area contributed by atoms with E-state index in [0.717, 1.165) is 41.6 Å². The summed E-state index contributed by atoms with van der Waals surface area (Å²) in [4.78, 5) is 18.7. The van der Waals surface area contributed by atoms with E-state index in [1.165, 1.54) is 35.1 Å². The number of H-pyrrole nitrogens is 1. The molecular weight excluding hydrogens is 448 g/mol. The molecule has 1 atom stereocenters. The van der Waals surface area contributed by atoms with Crippen LogP contribution in [-0.2, 0) is 13.1 Å². The molecule has 4 aromatic rings. The van der Waals surface area contributed by atoms with Crippen LogP contribution in [-0.4, -0.2) is 30.1 Å². The lowest BCUT2D eigenvalue weighted by atomic mass is 10.0. The molecule has 188 valence electrons. The summed E-state index contributed by atoms with van der Waals surface area (Å²) in [5, 5.41) is 14.1. The molecule has 1 N–H and O–H groups in total. The van der Waals surface area contributed by atoms with E-state index in [9.17, 15) is 4.79 Å². The molecule has 0 unspecified atom stereocenters. The molecule has 0 radical (unpaired) electrons. The Morgan fingerprint density at radius 2 is 1.75 bits per heavy atom. The molecule has 2 aromatic heterocycles. The van der Waals surface area contributed by atoms with Gasteiger partial charge in [-0.05, 0) is 90.7 Å². The summed E-state index contributed by atoms with van der Waals surface area (Å²) < 4.78 is 2.06. The van der Waals surface area contributed by atoms with Gasteiger partial charge in [-0.25, -0.2) is 4.68 Å². The third-order valence-electron chi connectivity index (χ3n) is 7.73. The molecule has 1 fully saturated rings. The number of rotatable bonds is 8. The molecule has 2 heterocycles. The average Bonchev–Trinajstić information content (AvgIpc) is 3.55. The molecule has 0 bridgehead atoms. The quantitative estimate of drug-likeness (QED) is 0.347. The zero-order valence-electron chi connectivity index (χ0n) is 21.8. The van der Waals surface area contributed by atoms with Gasteiger partial charge in [0.25, 0.3) is 5.56 Å². The second-order valence-electron chi connectivity index (χ2n) is 10.4. The third kappa shape index (κ3) is 4.98. The maximum atomic E-state index is 13.2. The van der Waals surface area contributed by atoms with Crippen LogP contribution >= 0.6 is 0 Å². The molecule has 7 heteroatoms. The first-order valence-electron chi connectivity index (χ1n) is 13.1. The van der Waals surface area contributed by atoms with E-state index in [2.05, 4.69) is 100 Å². The number of hydrogen-bond acceptors (Lipinski definition) is 5. The van der Waals surface area contributed by atoms with Crippen molar-refractivity contribution in [3.63, 3.8) is 0 Å². The predicted molar refractivity (Wildman–Crippen MR) is 143 cm³/mol. The maximum Gasteiger partial charge on any atom is 0.252 e.